The van der Waals surface area contributed by atoms with Crippen LogP contribution in [0.2, 0.25) is 13.1 Å². The minimum Gasteiger partial charge on any atom is -0.194 e. The highest BCUT2D eigenvalue weighted by molar-refractivity contribution is 7.04. The van der Waals surface area contributed by atoms with Crippen LogP contribution in [0.5, 0.6) is 0 Å². The smallest absolute Gasteiger partial charge is 0.194 e. The van der Waals surface area contributed by atoms with Crippen molar-refractivity contribution in [3.63, 3.8) is 0 Å². The summed E-state index contributed by atoms with van der Waals surface area (Å²) < 4.78 is 2.48. The molecular weight excluding hydrogens is 426 g/mol. The van der Waals surface area contributed by atoms with E-state index >= 15 is 0 Å². The zero-order valence-electron chi connectivity index (χ0n) is 21.0. The van der Waals surface area contributed by atoms with Crippen molar-refractivity contribution in [3.8, 4) is 22.4 Å². The molecule has 1 aliphatic rings. The van der Waals surface area contributed by atoms with Crippen LogP contribution in [0.25, 0.3) is 44.1 Å². The van der Waals surface area contributed by atoms with Crippen molar-refractivity contribution in [1.29, 1.82) is 0 Å². The number of hydrogen-bond acceptors (Lipinski definition) is 0. The first-order valence-corrected chi connectivity index (χ1v) is 15.4. The molecule has 168 valence electrons. The van der Waals surface area contributed by atoms with Gasteiger partial charge in [0.05, 0.1) is 5.39 Å². The monoisotopic (exact) mass is 458 g/mol. The number of pyridine rings is 1. The molecule has 0 radical (unpaired) electrons. The molecule has 0 atom stereocenters. The molecule has 0 fully saturated rings. The molecule has 2 heterocycles. The lowest BCUT2D eigenvalue weighted by Crippen LogP contribution is -2.54. The number of hydrogen-bond donors (Lipinski definition) is 0. The van der Waals surface area contributed by atoms with E-state index < -0.39 is 8.07 Å². The Kier molecular flexibility index (Phi) is 4.63. The molecule has 6 rings (SSSR count). The Morgan fingerprint density at radius 3 is 2.09 bits per heavy atom. The normalized spacial score (nSPS) is 14.1. The predicted molar refractivity (Wildman–Crippen MR) is 149 cm³/mol. The average molecular weight is 459 g/mol. The van der Waals surface area contributed by atoms with Crippen molar-refractivity contribution in [2.45, 2.75) is 39.8 Å². The van der Waals surface area contributed by atoms with Gasteiger partial charge in [0.15, 0.2) is 0 Å². The highest BCUT2D eigenvalue weighted by Crippen LogP contribution is 2.40. The van der Waals surface area contributed by atoms with E-state index in [4.69, 9.17) is 0 Å². The van der Waals surface area contributed by atoms with E-state index in [1.807, 2.05) is 0 Å². The number of fused-ring (bicyclic) bond motifs is 6. The predicted octanol–water partition coefficient (Wildman–Crippen LogP) is 6.72. The summed E-state index contributed by atoms with van der Waals surface area (Å²) in [6.45, 7) is 12.0. The summed E-state index contributed by atoms with van der Waals surface area (Å²) in [6, 6.07) is 29.6. The van der Waals surface area contributed by atoms with Crippen molar-refractivity contribution in [3.05, 3.63) is 90.0 Å². The average Bonchev–Trinajstić information content (AvgIpc) is 3.08. The lowest BCUT2D eigenvalue weighted by molar-refractivity contribution is -0.632. The Balaban J connectivity index is 1.84. The molecule has 0 saturated carbocycles. The lowest BCUT2D eigenvalue weighted by Gasteiger charge is -2.23. The van der Waals surface area contributed by atoms with Gasteiger partial charge in [0.1, 0.15) is 15.1 Å². The van der Waals surface area contributed by atoms with Crippen molar-refractivity contribution in [2.75, 3.05) is 0 Å². The van der Waals surface area contributed by atoms with E-state index in [-0.39, 0.29) is 0 Å². The molecule has 0 unspecified atom stereocenters. The van der Waals surface area contributed by atoms with Gasteiger partial charge in [0.25, 0.3) is 0 Å². The molecule has 0 N–H and O–H groups in total. The summed E-state index contributed by atoms with van der Waals surface area (Å²) in [7, 11) is 0.360. The maximum atomic E-state index is 2.54. The molecule has 0 bridgehead atoms. The molecule has 0 aliphatic carbocycles. The topological polar surface area (TPSA) is 3.88 Å². The summed E-state index contributed by atoms with van der Waals surface area (Å²) in [6.07, 6.45) is 0. The second-order valence-electron chi connectivity index (χ2n) is 10.7. The van der Waals surface area contributed by atoms with Crippen LogP contribution in [0.15, 0.2) is 78.9 Å². The third-order valence-corrected chi connectivity index (χ3v) is 11.6. The van der Waals surface area contributed by atoms with Crippen LogP contribution in [0, 0.1) is 6.92 Å². The third kappa shape index (κ3) is 2.75. The Morgan fingerprint density at radius 2 is 1.35 bits per heavy atom. The molecular formula is C32H32NSi+. The quantitative estimate of drug-likeness (QED) is 0.204. The Hall–Kier alpha value is -3.23. The second-order valence-corrected chi connectivity index (χ2v) is 15.0. The van der Waals surface area contributed by atoms with Crippen LogP contribution in [0.3, 0.4) is 0 Å². The molecule has 5 aromatic rings. The lowest BCUT2D eigenvalue weighted by atomic mass is 9.88. The van der Waals surface area contributed by atoms with Crippen LogP contribution in [-0.4, -0.2) is 8.07 Å². The summed E-state index contributed by atoms with van der Waals surface area (Å²) in [5.74, 6) is 0.463. The van der Waals surface area contributed by atoms with Gasteiger partial charge in [0.2, 0.25) is 11.2 Å². The molecule has 4 aromatic carbocycles. The van der Waals surface area contributed by atoms with E-state index in [0.29, 0.717) is 5.92 Å². The first-order chi connectivity index (χ1) is 16.3. The van der Waals surface area contributed by atoms with Crippen LogP contribution >= 0.6 is 0 Å². The highest BCUT2D eigenvalue weighted by atomic mass is 28.3. The fraction of sp³-hybridized carbons (Fsp3) is 0.219. The fourth-order valence-electron chi connectivity index (χ4n) is 6.38. The van der Waals surface area contributed by atoms with Gasteiger partial charge in [-0.15, -0.1) is 0 Å². The van der Waals surface area contributed by atoms with Gasteiger partial charge < -0.3 is 0 Å². The number of benzene rings is 4. The van der Waals surface area contributed by atoms with Gasteiger partial charge in [-0.05, 0) is 57.6 Å². The van der Waals surface area contributed by atoms with E-state index in [2.05, 4.69) is 124 Å². The summed E-state index contributed by atoms with van der Waals surface area (Å²) in [5, 5.41) is 7.28. The minimum atomic E-state index is -1.91. The SMILES string of the molecule is Cc1c(-c2c3c(c4ccccc4[n+]2C)-c2ccccc2[Si]3(C)C)cc(C(C)C)c2ccccc12. The van der Waals surface area contributed by atoms with Crippen molar-refractivity contribution in [2.24, 2.45) is 7.05 Å². The number of aryl methyl sites for hydroxylation is 2. The van der Waals surface area contributed by atoms with E-state index in [1.54, 1.807) is 10.4 Å². The number of nitrogens with zero attached hydrogens (tertiary/aromatic N) is 1. The maximum absolute atomic E-state index is 2.54. The van der Waals surface area contributed by atoms with Crippen LogP contribution in [-0.2, 0) is 7.05 Å². The molecule has 2 heteroatoms. The zero-order valence-corrected chi connectivity index (χ0v) is 22.0. The van der Waals surface area contributed by atoms with Crippen LogP contribution in [0.1, 0.15) is 30.9 Å². The Morgan fingerprint density at radius 1 is 0.735 bits per heavy atom. The van der Waals surface area contributed by atoms with E-state index in [0.717, 1.165) is 0 Å². The van der Waals surface area contributed by atoms with Crippen molar-refractivity contribution >= 4 is 40.1 Å². The van der Waals surface area contributed by atoms with E-state index in [1.165, 1.54) is 55.2 Å². The maximum Gasteiger partial charge on any atom is 0.213 e. The Labute approximate surface area is 203 Å². The van der Waals surface area contributed by atoms with E-state index in [9.17, 15) is 0 Å². The summed E-state index contributed by atoms with van der Waals surface area (Å²) in [4.78, 5) is 0. The molecule has 1 aliphatic heterocycles. The van der Waals surface area contributed by atoms with Gasteiger partial charge in [0, 0.05) is 22.4 Å². The molecule has 0 saturated heterocycles. The third-order valence-electron chi connectivity index (χ3n) is 8.07. The second kappa shape index (κ2) is 7.38. The van der Waals surface area contributed by atoms with Crippen molar-refractivity contribution < 1.29 is 4.57 Å². The van der Waals surface area contributed by atoms with Gasteiger partial charge in [-0.2, -0.15) is 4.57 Å². The molecule has 1 aromatic heterocycles. The zero-order chi connectivity index (χ0) is 23.8. The highest BCUT2D eigenvalue weighted by Gasteiger charge is 2.45. The van der Waals surface area contributed by atoms with Gasteiger partial charge >= 0.3 is 0 Å². The fourth-order valence-corrected chi connectivity index (χ4v) is 9.83. The van der Waals surface area contributed by atoms with Gasteiger partial charge in [-0.25, -0.2) is 0 Å². The molecule has 0 amide bonds. The molecule has 0 spiro atoms. The Bertz CT molecular complexity index is 1620. The van der Waals surface area contributed by atoms with Crippen molar-refractivity contribution in [1.82, 2.24) is 0 Å². The van der Waals surface area contributed by atoms with Gasteiger partial charge in [-0.1, -0.05) is 87.6 Å². The largest absolute Gasteiger partial charge is 0.213 e. The van der Waals surface area contributed by atoms with Crippen LogP contribution < -0.4 is 14.9 Å². The summed E-state index contributed by atoms with van der Waals surface area (Å²) >= 11 is 0. The minimum absolute atomic E-state index is 0.463. The number of aromatic nitrogens is 1. The summed E-state index contributed by atoms with van der Waals surface area (Å²) in [5.41, 5.74) is 9.83. The molecule has 1 nitrogen and oxygen atoms in total. The first-order valence-electron chi connectivity index (χ1n) is 12.4. The van der Waals surface area contributed by atoms with Crippen LogP contribution in [0.4, 0.5) is 0 Å². The molecule has 34 heavy (non-hydrogen) atoms. The standard InChI is InChI=1S/C32H32NSi/c1-20(2)26-19-27(21(3)22-13-7-8-14-23(22)26)31-32-30(24-15-9-11-17-28(24)33(31)4)25-16-10-12-18-29(25)34(32,5)6/h7-20H,1-6H3/q+1. The number of rotatable bonds is 2. The first kappa shape index (κ1) is 21.3. The number of para-hydroxylation sites is 1. The van der Waals surface area contributed by atoms with Gasteiger partial charge in [-0.3, -0.25) is 0 Å².